The molecule has 1 aliphatic heterocycles. The standard InChI is InChI=1S/C12H16N2O2.C2H6/c1-8(2)14-11(15)13-10-7-5-4-6-9(10)12(14,3)16;1-2/h4-8,16H,1-3H3,(H,13,15);1-2H3. The van der Waals surface area contributed by atoms with Crippen molar-refractivity contribution in [3.8, 4) is 0 Å². The fraction of sp³-hybridized carbons (Fsp3) is 0.500. The second kappa shape index (κ2) is 5.40. The minimum Gasteiger partial charge on any atom is -0.367 e. The molecule has 1 atom stereocenters. The van der Waals surface area contributed by atoms with Crippen LogP contribution in [0.25, 0.3) is 0 Å². The van der Waals surface area contributed by atoms with Gasteiger partial charge in [-0.05, 0) is 26.8 Å². The van der Waals surface area contributed by atoms with Crippen LogP contribution in [-0.2, 0) is 5.72 Å². The van der Waals surface area contributed by atoms with E-state index < -0.39 is 5.72 Å². The van der Waals surface area contributed by atoms with Crippen molar-refractivity contribution in [3.05, 3.63) is 29.8 Å². The fourth-order valence-corrected chi connectivity index (χ4v) is 2.25. The normalized spacial score (nSPS) is 21.9. The molecule has 18 heavy (non-hydrogen) atoms. The first kappa shape index (κ1) is 14.5. The van der Waals surface area contributed by atoms with Crippen LogP contribution in [0.2, 0.25) is 0 Å². The molecule has 2 rings (SSSR count). The molecule has 0 aliphatic carbocycles. The van der Waals surface area contributed by atoms with Gasteiger partial charge in [0, 0.05) is 11.6 Å². The van der Waals surface area contributed by atoms with Gasteiger partial charge in [0.05, 0.1) is 5.69 Å². The SMILES string of the molecule is CC.CC(C)N1C(=O)Nc2ccccc2C1(C)O. The lowest BCUT2D eigenvalue weighted by Crippen LogP contribution is -2.56. The van der Waals surface area contributed by atoms with Gasteiger partial charge >= 0.3 is 6.03 Å². The van der Waals surface area contributed by atoms with Gasteiger partial charge in [-0.25, -0.2) is 4.79 Å². The number of hydrogen-bond donors (Lipinski definition) is 2. The molecule has 0 saturated heterocycles. The lowest BCUT2D eigenvalue weighted by atomic mass is 9.97. The lowest BCUT2D eigenvalue weighted by molar-refractivity contribution is -0.0857. The molecular weight excluding hydrogens is 228 g/mol. The molecule has 2 N–H and O–H groups in total. The summed E-state index contributed by atoms with van der Waals surface area (Å²) in [6, 6.07) is 6.97. The summed E-state index contributed by atoms with van der Waals surface area (Å²) >= 11 is 0. The van der Waals surface area contributed by atoms with Crippen LogP contribution in [0, 0.1) is 0 Å². The average Bonchev–Trinajstić information content (AvgIpc) is 2.30. The van der Waals surface area contributed by atoms with E-state index in [4.69, 9.17) is 0 Å². The molecule has 2 amide bonds. The number of aliphatic hydroxyl groups is 1. The lowest BCUT2D eigenvalue weighted by Gasteiger charge is -2.44. The molecule has 1 aromatic rings. The number of carbonyl (C=O) groups excluding carboxylic acids is 1. The van der Waals surface area contributed by atoms with E-state index in [1.165, 1.54) is 4.90 Å². The Labute approximate surface area is 109 Å². The molecule has 1 aliphatic rings. The first-order valence-corrected chi connectivity index (χ1v) is 6.37. The summed E-state index contributed by atoms with van der Waals surface area (Å²) in [6.07, 6.45) is 0. The minimum absolute atomic E-state index is 0.0663. The maximum absolute atomic E-state index is 11.9. The van der Waals surface area contributed by atoms with Gasteiger partial charge in [0.1, 0.15) is 0 Å². The predicted molar refractivity (Wildman–Crippen MR) is 73.4 cm³/mol. The third kappa shape index (κ3) is 2.34. The second-order valence-electron chi connectivity index (χ2n) is 4.46. The van der Waals surface area contributed by atoms with Crippen LogP contribution in [0.4, 0.5) is 10.5 Å². The van der Waals surface area contributed by atoms with Crippen molar-refractivity contribution in [1.82, 2.24) is 4.90 Å². The van der Waals surface area contributed by atoms with E-state index in [0.717, 1.165) is 5.56 Å². The van der Waals surface area contributed by atoms with Gasteiger partial charge < -0.3 is 10.4 Å². The highest BCUT2D eigenvalue weighted by molar-refractivity contribution is 5.93. The molecule has 4 nitrogen and oxygen atoms in total. The predicted octanol–water partition coefficient (Wildman–Crippen LogP) is 3.13. The summed E-state index contributed by atoms with van der Waals surface area (Å²) in [5.41, 5.74) is 0.144. The number of nitrogens with one attached hydrogen (secondary N) is 1. The Hall–Kier alpha value is -1.55. The van der Waals surface area contributed by atoms with Crippen LogP contribution in [-0.4, -0.2) is 22.1 Å². The second-order valence-corrected chi connectivity index (χ2v) is 4.46. The third-order valence-electron chi connectivity index (χ3n) is 2.88. The van der Waals surface area contributed by atoms with Crippen LogP contribution in [0.3, 0.4) is 0 Å². The van der Waals surface area contributed by atoms with Gasteiger partial charge in [-0.3, -0.25) is 4.90 Å². The number of benzene rings is 1. The molecule has 4 heteroatoms. The monoisotopic (exact) mass is 250 g/mol. The van der Waals surface area contributed by atoms with Gasteiger partial charge in [-0.15, -0.1) is 0 Å². The zero-order valence-electron chi connectivity index (χ0n) is 11.7. The Morgan fingerprint density at radius 2 is 1.83 bits per heavy atom. The van der Waals surface area contributed by atoms with E-state index in [1.54, 1.807) is 13.0 Å². The number of hydrogen-bond acceptors (Lipinski definition) is 2. The average molecular weight is 250 g/mol. The quantitative estimate of drug-likeness (QED) is 0.804. The summed E-state index contributed by atoms with van der Waals surface area (Å²) in [7, 11) is 0. The smallest absolute Gasteiger partial charge is 0.324 e. The summed E-state index contributed by atoms with van der Waals surface area (Å²) < 4.78 is 0. The van der Waals surface area contributed by atoms with Crippen molar-refractivity contribution < 1.29 is 9.90 Å². The van der Waals surface area contributed by atoms with E-state index in [0.29, 0.717) is 5.69 Å². The molecule has 100 valence electrons. The van der Waals surface area contributed by atoms with Crippen LogP contribution in [0.15, 0.2) is 24.3 Å². The number of carbonyl (C=O) groups is 1. The maximum Gasteiger partial charge on any atom is 0.324 e. The van der Waals surface area contributed by atoms with Gasteiger partial charge in [-0.1, -0.05) is 32.0 Å². The highest BCUT2D eigenvalue weighted by Crippen LogP contribution is 2.36. The Morgan fingerprint density at radius 3 is 2.39 bits per heavy atom. The number of nitrogens with zero attached hydrogens (tertiary/aromatic N) is 1. The fourth-order valence-electron chi connectivity index (χ4n) is 2.25. The van der Waals surface area contributed by atoms with Gasteiger partial charge in [0.2, 0.25) is 0 Å². The van der Waals surface area contributed by atoms with Crippen molar-refractivity contribution in [2.75, 3.05) is 5.32 Å². The molecular formula is C14H22N2O2. The maximum atomic E-state index is 11.9. The number of anilines is 1. The molecule has 0 bridgehead atoms. The minimum atomic E-state index is -1.26. The summed E-state index contributed by atoms with van der Waals surface area (Å²) in [4.78, 5) is 13.3. The number of para-hydroxylation sites is 1. The Morgan fingerprint density at radius 1 is 1.28 bits per heavy atom. The van der Waals surface area contributed by atoms with E-state index in [-0.39, 0.29) is 12.1 Å². The van der Waals surface area contributed by atoms with E-state index in [1.807, 2.05) is 45.9 Å². The van der Waals surface area contributed by atoms with Crippen LogP contribution in [0.5, 0.6) is 0 Å². The molecule has 0 fully saturated rings. The van der Waals surface area contributed by atoms with E-state index in [2.05, 4.69) is 5.32 Å². The largest absolute Gasteiger partial charge is 0.367 e. The molecule has 1 heterocycles. The van der Waals surface area contributed by atoms with Gasteiger partial charge in [-0.2, -0.15) is 0 Å². The highest BCUT2D eigenvalue weighted by Gasteiger charge is 2.42. The van der Waals surface area contributed by atoms with E-state index in [9.17, 15) is 9.90 Å². The van der Waals surface area contributed by atoms with Crippen LogP contribution >= 0.6 is 0 Å². The molecule has 1 aromatic carbocycles. The highest BCUT2D eigenvalue weighted by atomic mass is 16.3. The van der Waals surface area contributed by atoms with Crippen molar-refractivity contribution >= 4 is 11.7 Å². The summed E-state index contributed by atoms with van der Waals surface area (Å²) in [5, 5.41) is 13.3. The van der Waals surface area contributed by atoms with Gasteiger partial charge in [0.15, 0.2) is 5.72 Å². The van der Waals surface area contributed by atoms with Crippen molar-refractivity contribution in [2.45, 2.75) is 46.4 Å². The van der Waals surface area contributed by atoms with Crippen molar-refractivity contribution in [2.24, 2.45) is 0 Å². The first-order chi connectivity index (χ1) is 8.44. The Balaban J connectivity index is 0.000000771. The summed E-state index contributed by atoms with van der Waals surface area (Å²) in [5.74, 6) is 0. The van der Waals surface area contributed by atoms with Gasteiger partial charge in [0.25, 0.3) is 0 Å². The number of rotatable bonds is 1. The van der Waals surface area contributed by atoms with Crippen LogP contribution < -0.4 is 5.32 Å². The van der Waals surface area contributed by atoms with Crippen LogP contribution in [0.1, 0.15) is 40.2 Å². The molecule has 0 radical (unpaired) electrons. The summed E-state index contributed by atoms with van der Waals surface area (Å²) in [6.45, 7) is 9.40. The molecule has 0 spiro atoms. The van der Waals surface area contributed by atoms with Crippen molar-refractivity contribution in [3.63, 3.8) is 0 Å². The Kier molecular flexibility index (Phi) is 4.35. The van der Waals surface area contributed by atoms with E-state index >= 15 is 0 Å². The molecule has 0 saturated carbocycles. The zero-order valence-corrected chi connectivity index (χ0v) is 11.7. The number of fused-ring (bicyclic) bond motifs is 1. The first-order valence-electron chi connectivity index (χ1n) is 6.37. The topological polar surface area (TPSA) is 52.6 Å². The zero-order chi connectivity index (χ0) is 13.9. The van der Waals surface area contributed by atoms with Crippen molar-refractivity contribution in [1.29, 1.82) is 0 Å². The molecule has 0 aromatic heterocycles. The number of urea groups is 1. The Bertz CT molecular complexity index is 428. The molecule has 1 unspecified atom stereocenters. The third-order valence-corrected chi connectivity index (χ3v) is 2.88. The number of amides is 2.